The van der Waals surface area contributed by atoms with Crippen LogP contribution < -0.4 is 14.4 Å². The molecule has 0 atom stereocenters. The van der Waals surface area contributed by atoms with Gasteiger partial charge in [0.25, 0.3) is 5.91 Å². The van der Waals surface area contributed by atoms with Crippen molar-refractivity contribution in [2.24, 2.45) is 0 Å². The molecule has 0 saturated carbocycles. The molecule has 0 bridgehead atoms. The van der Waals surface area contributed by atoms with Crippen LogP contribution in [0.1, 0.15) is 6.42 Å². The topological polar surface area (TPSA) is 75.7 Å². The molecule has 0 spiro atoms. The van der Waals surface area contributed by atoms with E-state index in [1.807, 2.05) is 18.2 Å². The molecule has 1 fully saturated rings. The molecule has 2 aromatic carbocycles. The highest BCUT2D eigenvalue weighted by atomic mass is 35.5. The van der Waals surface area contributed by atoms with Gasteiger partial charge in [-0.2, -0.15) is 0 Å². The fraction of sp³-hybridized carbons (Fsp3) is 0.235. The number of carbonyl (C=O) groups is 1. The van der Waals surface area contributed by atoms with Crippen molar-refractivity contribution in [3.8, 4) is 5.75 Å². The highest BCUT2D eigenvalue weighted by Crippen LogP contribution is 2.31. The first-order chi connectivity index (χ1) is 12.0. The van der Waals surface area contributed by atoms with Gasteiger partial charge in [-0.15, -0.1) is 0 Å². The molecule has 1 aliphatic rings. The van der Waals surface area contributed by atoms with Gasteiger partial charge in [0.15, 0.2) is 6.61 Å². The normalized spacial score (nSPS) is 15.8. The second-order valence-corrected chi connectivity index (χ2v) is 7.98. The number of hydrogen-bond acceptors (Lipinski definition) is 4. The Balaban J connectivity index is 1.64. The highest BCUT2D eigenvalue weighted by Gasteiger charge is 2.28. The van der Waals surface area contributed by atoms with E-state index in [0.29, 0.717) is 30.1 Å². The SMILES string of the molecule is O=C(COc1ccccc1)Nc1ccc(N2CCCS2(=O)=O)cc1Cl. The lowest BCUT2D eigenvalue weighted by atomic mass is 10.2. The lowest BCUT2D eigenvalue weighted by Crippen LogP contribution is -2.25. The number of sulfonamides is 1. The maximum atomic E-state index is 12.0. The van der Waals surface area contributed by atoms with E-state index in [1.54, 1.807) is 24.3 Å². The van der Waals surface area contributed by atoms with Gasteiger partial charge in [-0.25, -0.2) is 8.42 Å². The summed E-state index contributed by atoms with van der Waals surface area (Å²) in [4.78, 5) is 12.0. The first-order valence-electron chi connectivity index (χ1n) is 7.73. The van der Waals surface area contributed by atoms with Crippen molar-refractivity contribution < 1.29 is 17.9 Å². The van der Waals surface area contributed by atoms with Crippen LogP contribution in [-0.4, -0.2) is 33.2 Å². The van der Waals surface area contributed by atoms with Gasteiger partial charge in [0.2, 0.25) is 10.0 Å². The van der Waals surface area contributed by atoms with E-state index in [2.05, 4.69) is 5.32 Å². The Morgan fingerprint density at radius 1 is 1.20 bits per heavy atom. The van der Waals surface area contributed by atoms with Crippen molar-refractivity contribution in [3.05, 3.63) is 53.6 Å². The highest BCUT2D eigenvalue weighted by molar-refractivity contribution is 7.93. The Labute approximate surface area is 151 Å². The molecule has 6 nitrogen and oxygen atoms in total. The number of nitrogens with zero attached hydrogens (tertiary/aromatic N) is 1. The minimum absolute atomic E-state index is 0.139. The molecule has 8 heteroatoms. The average molecular weight is 381 g/mol. The van der Waals surface area contributed by atoms with Crippen LogP contribution in [-0.2, 0) is 14.8 Å². The molecule has 25 heavy (non-hydrogen) atoms. The zero-order valence-electron chi connectivity index (χ0n) is 13.3. The maximum absolute atomic E-state index is 12.0. The smallest absolute Gasteiger partial charge is 0.262 e. The third-order valence-corrected chi connectivity index (χ3v) is 5.91. The van der Waals surface area contributed by atoms with Crippen LogP contribution in [0.4, 0.5) is 11.4 Å². The lowest BCUT2D eigenvalue weighted by Gasteiger charge is -2.18. The number of rotatable bonds is 5. The van der Waals surface area contributed by atoms with Crippen molar-refractivity contribution in [3.63, 3.8) is 0 Å². The monoisotopic (exact) mass is 380 g/mol. The Morgan fingerprint density at radius 2 is 1.96 bits per heavy atom. The average Bonchev–Trinajstić information content (AvgIpc) is 2.95. The summed E-state index contributed by atoms with van der Waals surface area (Å²) in [6.07, 6.45) is 0.593. The van der Waals surface area contributed by atoms with E-state index in [0.717, 1.165) is 0 Å². The summed E-state index contributed by atoms with van der Waals surface area (Å²) < 4.78 is 30.6. The largest absolute Gasteiger partial charge is 0.484 e. The standard InChI is InChI=1S/C17H17ClN2O4S/c18-15-11-13(20-9-4-10-25(20,22)23)7-8-16(15)19-17(21)12-24-14-5-2-1-3-6-14/h1-3,5-8,11H,4,9-10,12H2,(H,19,21). The van der Waals surface area contributed by atoms with Crippen LogP contribution in [0.25, 0.3) is 0 Å². The van der Waals surface area contributed by atoms with E-state index in [-0.39, 0.29) is 23.3 Å². The molecule has 0 aromatic heterocycles. The molecule has 0 radical (unpaired) electrons. The van der Waals surface area contributed by atoms with Gasteiger partial charge in [0.1, 0.15) is 5.75 Å². The van der Waals surface area contributed by atoms with Gasteiger partial charge in [0.05, 0.1) is 22.2 Å². The summed E-state index contributed by atoms with van der Waals surface area (Å²) in [5, 5.41) is 2.93. The van der Waals surface area contributed by atoms with Gasteiger partial charge in [-0.3, -0.25) is 9.10 Å². The van der Waals surface area contributed by atoms with E-state index < -0.39 is 10.0 Å². The van der Waals surface area contributed by atoms with E-state index in [9.17, 15) is 13.2 Å². The third kappa shape index (κ3) is 4.24. The first kappa shape index (κ1) is 17.6. The van der Waals surface area contributed by atoms with E-state index >= 15 is 0 Å². The molecule has 1 N–H and O–H groups in total. The van der Waals surface area contributed by atoms with Crippen molar-refractivity contribution in [2.45, 2.75) is 6.42 Å². The Hall–Kier alpha value is -2.25. The maximum Gasteiger partial charge on any atom is 0.262 e. The fourth-order valence-electron chi connectivity index (χ4n) is 2.54. The predicted octanol–water partition coefficient (Wildman–Crippen LogP) is 2.90. The summed E-state index contributed by atoms with van der Waals surface area (Å²) >= 11 is 6.19. The predicted molar refractivity (Wildman–Crippen MR) is 97.8 cm³/mol. The van der Waals surface area contributed by atoms with Crippen LogP contribution in [0.15, 0.2) is 48.5 Å². The molecule has 0 unspecified atom stereocenters. The molecule has 1 aliphatic heterocycles. The van der Waals surface area contributed by atoms with Gasteiger partial charge >= 0.3 is 0 Å². The molecule has 3 rings (SSSR count). The summed E-state index contributed by atoms with van der Waals surface area (Å²) in [6.45, 7) is 0.290. The Morgan fingerprint density at radius 3 is 2.60 bits per heavy atom. The Bertz CT molecular complexity index is 871. The van der Waals surface area contributed by atoms with Gasteiger partial charge in [0, 0.05) is 6.54 Å². The molecule has 1 heterocycles. The molecule has 0 aliphatic carbocycles. The fourth-order valence-corrected chi connectivity index (χ4v) is 4.32. The number of halogens is 1. The molecule has 2 aromatic rings. The van der Waals surface area contributed by atoms with Gasteiger partial charge in [-0.1, -0.05) is 29.8 Å². The number of anilines is 2. The van der Waals surface area contributed by atoms with Crippen LogP contribution in [0, 0.1) is 0 Å². The minimum atomic E-state index is -3.26. The van der Waals surface area contributed by atoms with Crippen LogP contribution in [0.5, 0.6) is 5.75 Å². The summed E-state index contributed by atoms with van der Waals surface area (Å²) in [5.41, 5.74) is 0.907. The summed E-state index contributed by atoms with van der Waals surface area (Å²) in [6, 6.07) is 13.8. The van der Waals surface area contributed by atoms with E-state index in [4.69, 9.17) is 16.3 Å². The third-order valence-electron chi connectivity index (χ3n) is 3.73. The van der Waals surface area contributed by atoms with Gasteiger partial charge in [-0.05, 0) is 36.8 Å². The van der Waals surface area contributed by atoms with Crippen LogP contribution in [0.3, 0.4) is 0 Å². The number of para-hydroxylation sites is 1. The quantitative estimate of drug-likeness (QED) is 0.865. The summed E-state index contributed by atoms with van der Waals surface area (Å²) in [7, 11) is -3.26. The van der Waals surface area contributed by atoms with Crippen molar-refractivity contribution >= 4 is 38.9 Å². The van der Waals surface area contributed by atoms with Crippen molar-refractivity contribution in [1.29, 1.82) is 0 Å². The number of hydrogen-bond donors (Lipinski definition) is 1. The number of nitrogens with one attached hydrogen (secondary N) is 1. The zero-order chi connectivity index (χ0) is 17.9. The van der Waals surface area contributed by atoms with E-state index in [1.165, 1.54) is 10.4 Å². The second kappa shape index (κ2) is 7.33. The molecule has 1 saturated heterocycles. The number of benzene rings is 2. The molecule has 1 amide bonds. The van der Waals surface area contributed by atoms with Crippen LogP contribution >= 0.6 is 11.6 Å². The first-order valence-corrected chi connectivity index (χ1v) is 9.72. The number of carbonyl (C=O) groups excluding carboxylic acids is 1. The minimum Gasteiger partial charge on any atom is -0.484 e. The molecular weight excluding hydrogens is 364 g/mol. The second-order valence-electron chi connectivity index (χ2n) is 5.56. The van der Waals surface area contributed by atoms with Gasteiger partial charge < -0.3 is 10.1 Å². The molecular formula is C17H17ClN2O4S. The van der Waals surface area contributed by atoms with Crippen molar-refractivity contribution in [1.82, 2.24) is 0 Å². The van der Waals surface area contributed by atoms with Crippen LogP contribution in [0.2, 0.25) is 5.02 Å². The lowest BCUT2D eigenvalue weighted by molar-refractivity contribution is -0.118. The van der Waals surface area contributed by atoms with Crippen molar-refractivity contribution in [2.75, 3.05) is 28.5 Å². The molecule has 132 valence electrons. The summed E-state index contributed by atoms with van der Waals surface area (Å²) in [5.74, 6) is 0.380. The number of amides is 1. The number of ether oxygens (including phenoxy) is 1. The Kier molecular flexibility index (Phi) is 5.15. The zero-order valence-corrected chi connectivity index (χ0v) is 14.9.